The van der Waals surface area contributed by atoms with Crippen molar-refractivity contribution in [2.75, 3.05) is 31.7 Å². The lowest BCUT2D eigenvalue weighted by Gasteiger charge is -2.30. The fraction of sp³-hybridized carbons (Fsp3) is 0.647. The average molecular weight is 294 g/mol. The van der Waals surface area contributed by atoms with Crippen LogP contribution in [-0.4, -0.2) is 32.8 Å². The van der Waals surface area contributed by atoms with Crippen LogP contribution in [-0.2, 0) is 4.74 Å². The quantitative estimate of drug-likeness (QED) is 0.870. The number of rotatable bonds is 6. The molecule has 2 atom stereocenters. The van der Waals surface area contributed by atoms with Gasteiger partial charge >= 0.3 is 0 Å². The molecule has 0 bridgehead atoms. The zero-order valence-corrected chi connectivity index (χ0v) is 13.6. The Morgan fingerprint density at radius 2 is 2.24 bits per heavy atom. The number of anilines is 1. The minimum Gasteiger partial charge on any atom is -0.379 e. The van der Waals surface area contributed by atoms with Crippen LogP contribution in [0.1, 0.15) is 43.9 Å². The molecule has 21 heavy (non-hydrogen) atoms. The van der Waals surface area contributed by atoms with Gasteiger partial charge in [0.2, 0.25) is 0 Å². The predicted molar refractivity (Wildman–Crippen MR) is 85.5 cm³/mol. The standard InChI is InChI=1S/C17H27FN2O/c1-5-7-19-13(3)15-10-16(18)12(2)9-17(15)20(4)14-6-8-21-11-14/h9-10,13-14,19H,5-8,11H2,1-4H3. The molecule has 0 aliphatic carbocycles. The first kappa shape index (κ1) is 16.2. The lowest BCUT2D eigenvalue weighted by Crippen LogP contribution is -2.33. The zero-order chi connectivity index (χ0) is 15.4. The number of hydrogen-bond donors (Lipinski definition) is 1. The van der Waals surface area contributed by atoms with E-state index in [1.165, 1.54) is 0 Å². The highest BCUT2D eigenvalue weighted by molar-refractivity contribution is 5.57. The van der Waals surface area contributed by atoms with Crippen LogP contribution in [0.3, 0.4) is 0 Å². The maximum atomic E-state index is 14.0. The number of ether oxygens (including phenoxy) is 1. The van der Waals surface area contributed by atoms with E-state index in [4.69, 9.17) is 4.74 Å². The molecule has 0 aromatic heterocycles. The lowest BCUT2D eigenvalue weighted by molar-refractivity contribution is 0.193. The minimum absolute atomic E-state index is 0.130. The summed E-state index contributed by atoms with van der Waals surface area (Å²) >= 11 is 0. The topological polar surface area (TPSA) is 24.5 Å². The highest BCUT2D eigenvalue weighted by Gasteiger charge is 2.24. The molecule has 1 heterocycles. The van der Waals surface area contributed by atoms with Gasteiger partial charge in [-0.25, -0.2) is 4.39 Å². The molecule has 4 heteroatoms. The van der Waals surface area contributed by atoms with Crippen molar-refractivity contribution in [3.63, 3.8) is 0 Å². The second kappa shape index (κ2) is 7.23. The number of halogens is 1. The third-order valence-electron chi connectivity index (χ3n) is 4.31. The van der Waals surface area contributed by atoms with E-state index in [0.29, 0.717) is 11.6 Å². The number of nitrogens with one attached hydrogen (secondary N) is 1. The molecule has 0 spiro atoms. The molecule has 1 aromatic rings. The second-order valence-corrected chi connectivity index (χ2v) is 5.96. The number of benzene rings is 1. The fourth-order valence-electron chi connectivity index (χ4n) is 2.83. The molecule has 1 saturated heterocycles. The Morgan fingerprint density at radius 3 is 2.86 bits per heavy atom. The van der Waals surface area contributed by atoms with E-state index < -0.39 is 0 Å². The first-order valence-corrected chi connectivity index (χ1v) is 7.88. The number of likely N-dealkylation sites (N-methyl/N-ethyl adjacent to an activating group) is 1. The largest absolute Gasteiger partial charge is 0.379 e. The molecule has 0 radical (unpaired) electrons. The molecule has 0 amide bonds. The van der Waals surface area contributed by atoms with E-state index in [0.717, 1.165) is 43.9 Å². The lowest BCUT2D eigenvalue weighted by atomic mass is 10.0. The van der Waals surface area contributed by atoms with Gasteiger partial charge in [0.25, 0.3) is 0 Å². The molecule has 118 valence electrons. The van der Waals surface area contributed by atoms with Crippen molar-refractivity contribution in [2.24, 2.45) is 0 Å². The third-order valence-corrected chi connectivity index (χ3v) is 4.31. The Balaban J connectivity index is 2.30. The Bertz CT molecular complexity index is 472. The molecule has 3 nitrogen and oxygen atoms in total. The van der Waals surface area contributed by atoms with Crippen LogP contribution < -0.4 is 10.2 Å². The smallest absolute Gasteiger partial charge is 0.126 e. The van der Waals surface area contributed by atoms with Crippen LogP contribution >= 0.6 is 0 Å². The normalized spacial score (nSPS) is 19.8. The van der Waals surface area contributed by atoms with Gasteiger partial charge in [-0.3, -0.25) is 0 Å². The second-order valence-electron chi connectivity index (χ2n) is 5.96. The van der Waals surface area contributed by atoms with Crippen molar-refractivity contribution in [1.29, 1.82) is 0 Å². The summed E-state index contributed by atoms with van der Waals surface area (Å²) in [7, 11) is 2.09. The summed E-state index contributed by atoms with van der Waals surface area (Å²) in [6, 6.07) is 4.17. The van der Waals surface area contributed by atoms with Gasteiger partial charge in [0.05, 0.1) is 12.6 Å². The van der Waals surface area contributed by atoms with E-state index in [2.05, 4.69) is 31.1 Å². The van der Waals surface area contributed by atoms with Gasteiger partial charge in [0.15, 0.2) is 0 Å². The predicted octanol–water partition coefficient (Wildman–Crippen LogP) is 3.42. The van der Waals surface area contributed by atoms with Crippen LogP contribution in [0, 0.1) is 12.7 Å². The van der Waals surface area contributed by atoms with Crippen LogP contribution in [0.25, 0.3) is 0 Å². The van der Waals surface area contributed by atoms with Crippen molar-refractivity contribution in [2.45, 2.75) is 45.7 Å². The third kappa shape index (κ3) is 3.74. The molecular formula is C17H27FN2O. The number of hydrogen-bond acceptors (Lipinski definition) is 3. The van der Waals surface area contributed by atoms with Crippen molar-refractivity contribution >= 4 is 5.69 Å². The SMILES string of the molecule is CCCNC(C)c1cc(F)c(C)cc1N(C)C1CCOC1. The van der Waals surface area contributed by atoms with Crippen molar-refractivity contribution in [1.82, 2.24) is 5.32 Å². The van der Waals surface area contributed by atoms with Gasteiger partial charge in [0.1, 0.15) is 5.82 Å². The van der Waals surface area contributed by atoms with Crippen molar-refractivity contribution in [3.05, 3.63) is 29.1 Å². The summed E-state index contributed by atoms with van der Waals surface area (Å²) in [4.78, 5) is 2.25. The minimum atomic E-state index is -0.130. The van der Waals surface area contributed by atoms with Gasteiger partial charge in [0, 0.05) is 25.4 Å². The Hall–Kier alpha value is -1.13. The molecular weight excluding hydrogens is 267 g/mol. The van der Waals surface area contributed by atoms with Gasteiger partial charge in [-0.1, -0.05) is 6.92 Å². The number of aryl methyl sites for hydroxylation is 1. The summed E-state index contributed by atoms with van der Waals surface area (Å²) in [5.41, 5.74) is 2.84. The Labute approximate surface area is 127 Å². The molecule has 1 aliphatic heterocycles. The van der Waals surface area contributed by atoms with E-state index in [9.17, 15) is 4.39 Å². The summed E-state index contributed by atoms with van der Waals surface area (Å²) in [6.45, 7) is 8.57. The van der Waals surface area contributed by atoms with Crippen LogP contribution in [0.4, 0.5) is 10.1 Å². The summed E-state index contributed by atoms with van der Waals surface area (Å²) < 4.78 is 19.5. The summed E-state index contributed by atoms with van der Waals surface area (Å²) in [5.74, 6) is -0.130. The molecule has 0 saturated carbocycles. The zero-order valence-electron chi connectivity index (χ0n) is 13.6. The van der Waals surface area contributed by atoms with Crippen LogP contribution in [0.2, 0.25) is 0 Å². The average Bonchev–Trinajstić information content (AvgIpc) is 3.00. The molecule has 1 fully saturated rings. The molecule has 2 rings (SSSR count). The number of nitrogens with zero attached hydrogens (tertiary/aromatic N) is 1. The van der Waals surface area contributed by atoms with E-state index >= 15 is 0 Å². The van der Waals surface area contributed by atoms with Gasteiger partial charge in [-0.05, 0) is 56.5 Å². The van der Waals surface area contributed by atoms with Crippen molar-refractivity contribution < 1.29 is 9.13 Å². The fourth-order valence-corrected chi connectivity index (χ4v) is 2.83. The van der Waals surface area contributed by atoms with E-state index in [1.807, 2.05) is 13.0 Å². The molecule has 2 unspecified atom stereocenters. The molecule has 1 aromatic carbocycles. The van der Waals surface area contributed by atoms with Crippen LogP contribution in [0.5, 0.6) is 0 Å². The van der Waals surface area contributed by atoms with E-state index in [1.54, 1.807) is 6.07 Å². The highest BCUT2D eigenvalue weighted by Crippen LogP contribution is 2.31. The monoisotopic (exact) mass is 294 g/mol. The van der Waals surface area contributed by atoms with Gasteiger partial charge in [-0.15, -0.1) is 0 Å². The first-order chi connectivity index (χ1) is 10.0. The summed E-state index contributed by atoms with van der Waals surface area (Å²) in [6.07, 6.45) is 2.10. The van der Waals surface area contributed by atoms with Crippen LogP contribution in [0.15, 0.2) is 12.1 Å². The maximum absolute atomic E-state index is 14.0. The maximum Gasteiger partial charge on any atom is 0.126 e. The van der Waals surface area contributed by atoms with Gasteiger partial charge < -0.3 is 15.0 Å². The Kier molecular flexibility index (Phi) is 5.59. The highest BCUT2D eigenvalue weighted by atomic mass is 19.1. The molecule has 1 N–H and O–H groups in total. The molecule has 1 aliphatic rings. The Morgan fingerprint density at radius 1 is 1.48 bits per heavy atom. The van der Waals surface area contributed by atoms with Crippen molar-refractivity contribution in [3.8, 4) is 0 Å². The van der Waals surface area contributed by atoms with Gasteiger partial charge in [-0.2, -0.15) is 0 Å². The summed E-state index contributed by atoms with van der Waals surface area (Å²) in [5, 5.41) is 3.46. The van der Waals surface area contributed by atoms with E-state index in [-0.39, 0.29) is 11.9 Å². The first-order valence-electron chi connectivity index (χ1n) is 7.88.